The molecule has 0 amide bonds. The standard InChI is InChI=1S/C13H15F2NO/c14-13(15,12-2-1-6-16-12)10-3-4-11-9(8-10)5-7-17-11/h3-4,8,12,16H,1-2,5-7H2. The number of fused-ring (bicyclic) bond motifs is 1. The largest absolute Gasteiger partial charge is 0.493 e. The lowest BCUT2D eigenvalue weighted by atomic mass is 9.97. The molecule has 3 rings (SSSR count). The summed E-state index contributed by atoms with van der Waals surface area (Å²) >= 11 is 0. The number of hydrogen-bond acceptors (Lipinski definition) is 2. The summed E-state index contributed by atoms with van der Waals surface area (Å²) in [4.78, 5) is 0. The number of hydrogen-bond donors (Lipinski definition) is 1. The number of benzene rings is 1. The first-order valence-electron chi connectivity index (χ1n) is 6.05. The molecule has 2 nitrogen and oxygen atoms in total. The van der Waals surface area contributed by atoms with Crippen molar-refractivity contribution in [1.82, 2.24) is 5.32 Å². The molecule has 0 aliphatic carbocycles. The van der Waals surface area contributed by atoms with Crippen LogP contribution in [-0.2, 0) is 12.3 Å². The summed E-state index contributed by atoms with van der Waals surface area (Å²) in [5, 5.41) is 2.88. The molecule has 1 N–H and O–H groups in total. The van der Waals surface area contributed by atoms with Crippen molar-refractivity contribution in [3.63, 3.8) is 0 Å². The van der Waals surface area contributed by atoms with Crippen LogP contribution in [-0.4, -0.2) is 19.2 Å². The molecule has 0 bridgehead atoms. The molecule has 2 aliphatic rings. The van der Waals surface area contributed by atoms with Gasteiger partial charge in [-0.3, -0.25) is 0 Å². The van der Waals surface area contributed by atoms with E-state index >= 15 is 0 Å². The van der Waals surface area contributed by atoms with Gasteiger partial charge in [-0.1, -0.05) is 0 Å². The van der Waals surface area contributed by atoms with E-state index in [-0.39, 0.29) is 5.56 Å². The van der Waals surface area contributed by atoms with Crippen LogP contribution in [0.4, 0.5) is 8.78 Å². The summed E-state index contributed by atoms with van der Waals surface area (Å²) in [5.74, 6) is -2.03. The Morgan fingerprint density at radius 3 is 3.00 bits per heavy atom. The minimum absolute atomic E-state index is 0.112. The second kappa shape index (κ2) is 3.95. The Morgan fingerprint density at radius 2 is 2.24 bits per heavy atom. The molecule has 1 aromatic rings. The van der Waals surface area contributed by atoms with Gasteiger partial charge >= 0.3 is 0 Å². The lowest BCUT2D eigenvalue weighted by Gasteiger charge is -2.24. The van der Waals surface area contributed by atoms with E-state index in [1.807, 2.05) is 0 Å². The minimum atomic E-state index is -2.78. The lowest BCUT2D eigenvalue weighted by Crippen LogP contribution is -2.38. The maximum Gasteiger partial charge on any atom is 0.288 e. The van der Waals surface area contributed by atoms with Crippen LogP contribution in [0.2, 0.25) is 0 Å². The normalized spacial score (nSPS) is 23.5. The summed E-state index contributed by atoms with van der Waals surface area (Å²) in [5.41, 5.74) is 1.02. The van der Waals surface area contributed by atoms with E-state index in [4.69, 9.17) is 4.74 Å². The Kier molecular flexibility index (Phi) is 2.54. The van der Waals surface area contributed by atoms with Crippen LogP contribution < -0.4 is 10.1 Å². The zero-order valence-electron chi connectivity index (χ0n) is 9.51. The highest BCUT2D eigenvalue weighted by Crippen LogP contribution is 2.38. The quantitative estimate of drug-likeness (QED) is 0.856. The molecule has 0 aromatic heterocycles. The summed E-state index contributed by atoms with van der Waals surface area (Å²) in [6, 6.07) is 4.04. The molecule has 0 spiro atoms. The van der Waals surface area contributed by atoms with Gasteiger partial charge in [0.2, 0.25) is 0 Å². The summed E-state index contributed by atoms with van der Waals surface area (Å²) < 4.78 is 33.8. The molecular formula is C13H15F2NO. The Balaban J connectivity index is 1.92. The topological polar surface area (TPSA) is 21.3 Å². The molecule has 92 valence electrons. The van der Waals surface area contributed by atoms with Gasteiger partial charge in [-0.2, -0.15) is 8.78 Å². The van der Waals surface area contributed by atoms with Crippen molar-refractivity contribution in [2.45, 2.75) is 31.2 Å². The molecule has 1 unspecified atom stereocenters. The van der Waals surface area contributed by atoms with Crippen molar-refractivity contribution in [2.75, 3.05) is 13.2 Å². The maximum atomic E-state index is 14.2. The molecule has 4 heteroatoms. The van der Waals surface area contributed by atoms with Gasteiger partial charge in [-0.25, -0.2) is 0 Å². The zero-order valence-corrected chi connectivity index (χ0v) is 9.51. The van der Waals surface area contributed by atoms with E-state index in [1.54, 1.807) is 12.1 Å². The maximum absolute atomic E-state index is 14.2. The van der Waals surface area contributed by atoms with E-state index in [1.165, 1.54) is 6.07 Å². The van der Waals surface area contributed by atoms with Crippen molar-refractivity contribution in [1.29, 1.82) is 0 Å². The number of ether oxygens (including phenoxy) is 1. The lowest BCUT2D eigenvalue weighted by molar-refractivity contribution is -0.0377. The van der Waals surface area contributed by atoms with Crippen molar-refractivity contribution in [2.24, 2.45) is 0 Å². The first-order valence-corrected chi connectivity index (χ1v) is 6.05. The third-order valence-corrected chi connectivity index (χ3v) is 3.57. The van der Waals surface area contributed by atoms with Gasteiger partial charge in [-0.05, 0) is 43.1 Å². The van der Waals surface area contributed by atoms with Crippen LogP contribution in [0.25, 0.3) is 0 Å². The second-order valence-electron chi connectivity index (χ2n) is 4.69. The van der Waals surface area contributed by atoms with Gasteiger partial charge in [-0.15, -0.1) is 0 Å². The Hall–Kier alpha value is -1.16. The zero-order chi connectivity index (χ0) is 11.9. The van der Waals surface area contributed by atoms with E-state index in [9.17, 15) is 8.78 Å². The fraction of sp³-hybridized carbons (Fsp3) is 0.538. The molecule has 1 aromatic carbocycles. The van der Waals surface area contributed by atoms with Gasteiger partial charge in [0.05, 0.1) is 12.6 Å². The Morgan fingerprint density at radius 1 is 1.35 bits per heavy atom. The third kappa shape index (κ3) is 1.80. The van der Waals surface area contributed by atoms with Crippen LogP contribution in [0.15, 0.2) is 18.2 Å². The van der Waals surface area contributed by atoms with Gasteiger partial charge in [0, 0.05) is 12.0 Å². The first kappa shape index (κ1) is 11.0. The predicted molar refractivity (Wildman–Crippen MR) is 60.6 cm³/mol. The highest BCUT2D eigenvalue weighted by atomic mass is 19.3. The summed E-state index contributed by atoms with van der Waals surface area (Å²) in [6.07, 6.45) is 2.10. The van der Waals surface area contributed by atoms with Crippen molar-refractivity contribution < 1.29 is 13.5 Å². The van der Waals surface area contributed by atoms with Crippen molar-refractivity contribution in [3.05, 3.63) is 29.3 Å². The summed E-state index contributed by atoms with van der Waals surface area (Å²) in [6.45, 7) is 1.29. The van der Waals surface area contributed by atoms with E-state index < -0.39 is 12.0 Å². The first-order chi connectivity index (χ1) is 8.18. The molecule has 1 atom stereocenters. The molecule has 1 fully saturated rings. The van der Waals surface area contributed by atoms with Crippen LogP contribution in [0.1, 0.15) is 24.0 Å². The van der Waals surface area contributed by atoms with Crippen molar-refractivity contribution in [3.8, 4) is 5.75 Å². The van der Waals surface area contributed by atoms with Crippen LogP contribution in [0.5, 0.6) is 5.75 Å². The predicted octanol–water partition coefficient (Wildman–Crippen LogP) is 2.47. The number of nitrogens with one attached hydrogen (secondary N) is 1. The van der Waals surface area contributed by atoms with Crippen LogP contribution in [0.3, 0.4) is 0 Å². The molecule has 2 aliphatic heterocycles. The molecule has 17 heavy (non-hydrogen) atoms. The van der Waals surface area contributed by atoms with Gasteiger partial charge in [0.15, 0.2) is 0 Å². The van der Waals surface area contributed by atoms with E-state index in [0.717, 1.165) is 24.2 Å². The van der Waals surface area contributed by atoms with Gasteiger partial charge in [0.25, 0.3) is 5.92 Å². The molecule has 0 radical (unpaired) electrons. The fourth-order valence-corrected chi connectivity index (χ4v) is 2.59. The van der Waals surface area contributed by atoms with Crippen LogP contribution >= 0.6 is 0 Å². The highest BCUT2D eigenvalue weighted by Gasteiger charge is 2.42. The summed E-state index contributed by atoms with van der Waals surface area (Å²) in [7, 11) is 0. The average molecular weight is 239 g/mol. The molecule has 2 heterocycles. The van der Waals surface area contributed by atoms with Gasteiger partial charge in [0.1, 0.15) is 5.75 Å². The highest BCUT2D eigenvalue weighted by molar-refractivity contribution is 5.41. The molecule has 1 saturated heterocycles. The second-order valence-corrected chi connectivity index (χ2v) is 4.69. The fourth-order valence-electron chi connectivity index (χ4n) is 2.59. The SMILES string of the molecule is FC(F)(c1ccc2c(c1)CCO2)C1CCCN1. The number of halogens is 2. The van der Waals surface area contributed by atoms with E-state index in [2.05, 4.69) is 5.32 Å². The minimum Gasteiger partial charge on any atom is -0.493 e. The third-order valence-electron chi connectivity index (χ3n) is 3.57. The Bertz CT molecular complexity index is 427. The monoisotopic (exact) mass is 239 g/mol. The van der Waals surface area contributed by atoms with Crippen LogP contribution in [0, 0.1) is 0 Å². The number of alkyl halides is 2. The number of rotatable bonds is 2. The molecule has 0 saturated carbocycles. The van der Waals surface area contributed by atoms with Crippen molar-refractivity contribution >= 4 is 0 Å². The molecular weight excluding hydrogens is 224 g/mol. The van der Waals surface area contributed by atoms with E-state index in [0.29, 0.717) is 19.6 Å². The Labute approximate surface area is 99.0 Å². The van der Waals surface area contributed by atoms with Gasteiger partial charge < -0.3 is 10.1 Å². The smallest absolute Gasteiger partial charge is 0.288 e. The average Bonchev–Trinajstić information content (AvgIpc) is 2.99.